The molecule has 0 spiro atoms. The first-order chi connectivity index (χ1) is 19.5. The van der Waals surface area contributed by atoms with E-state index in [2.05, 4.69) is 4.85 Å². The van der Waals surface area contributed by atoms with Crippen LogP contribution in [-0.2, 0) is 7.05 Å². The second-order valence-electron chi connectivity index (χ2n) is 8.55. The second kappa shape index (κ2) is 8.15. The Bertz CT molecular complexity index is 1930. The summed E-state index contributed by atoms with van der Waals surface area (Å²) in [5.74, 6) is -2.40. The number of hydrogen-bond donors (Lipinski definition) is 0. The van der Waals surface area contributed by atoms with Gasteiger partial charge < -0.3 is 4.42 Å². The van der Waals surface area contributed by atoms with Crippen LogP contribution in [0.5, 0.6) is 0 Å². The van der Waals surface area contributed by atoms with E-state index in [0.717, 1.165) is 18.1 Å². The Hall–Kier alpha value is -3.90. The molecule has 2 heterocycles. The van der Waals surface area contributed by atoms with Crippen LogP contribution in [0, 0.1) is 27.3 Å². The Morgan fingerprint density at radius 1 is 1.12 bits per heavy atom. The molecule has 5 rings (SSSR count). The van der Waals surface area contributed by atoms with E-state index >= 15 is 0 Å². The van der Waals surface area contributed by atoms with E-state index in [-0.39, 0.29) is 28.6 Å². The van der Waals surface area contributed by atoms with Crippen molar-refractivity contribution in [3.63, 3.8) is 0 Å². The molecular weight excluding hydrogens is 416 g/mol. The van der Waals surface area contributed by atoms with Gasteiger partial charge in [-0.2, -0.15) is 4.57 Å². The molecule has 168 valence electrons. The summed E-state index contributed by atoms with van der Waals surface area (Å²) in [5, 5.41) is 1.42. The van der Waals surface area contributed by atoms with Crippen molar-refractivity contribution in [2.24, 2.45) is 7.05 Å². The van der Waals surface area contributed by atoms with Gasteiger partial charge in [0.25, 0.3) is 0 Å². The Labute approximate surface area is 212 Å². The molecule has 2 aromatic heterocycles. The minimum Gasteiger partial charge on any atom is -0.466 e. The van der Waals surface area contributed by atoms with Crippen molar-refractivity contribution in [1.29, 1.82) is 0 Å². The third kappa shape index (κ3) is 3.22. The van der Waals surface area contributed by atoms with Crippen LogP contribution in [0.4, 0.5) is 5.69 Å². The quantitative estimate of drug-likeness (QED) is 0.199. The average molecular weight is 454 g/mol. The molecule has 5 aromatic rings. The molecule has 0 aliphatic heterocycles. The molecular formula is C31H29N2O+. The van der Waals surface area contributed by atoms with Crippen LogP contribution in [0.3, 0.4) is 0 Å². The topological polar surface area (TPSA) is 21.4 Å². The Morgan fingerprint density at radius 2 is 1.91 bits per heavy atom. The molecule has 0 aliphatic carbocycles. The Morgan fingerprint density at radius 3 is 2.62 bits per heavy atom. The fourth-order valence-electron chi connectivity index (χ4n) is 4.61. The number of aromatic nitrogens is 1. The average Bonchev–Trinajstić information content (AvgIpc) is 3.30. The van der Waals surface area contributed by atoms with Crippen LogP contribution in [0.15, 0.2) is 65.1 Å². The highest BCUT2D eigenvalue weighted by Gasteiger charge is 2.27. The van der Waals surface area contributed by atoms with Gasteiger partial charge in [0.15, 0.2) is 5.69 Å². The molecule has 3 aromatic carbocycles. The van der Waals surface area contributed by atoms with Crippen molar-refractivity contribution in [2.75, 3.05) is 0 Å². The summed E-state index contributed by atoms with van der Waals surface area (Å²) in [6.07, 6.45) is 0. The number of pyridine rings is 1. The van der Waals surface area contributed by atoms with E-state index in [1.165, 1.54) is 0 Å². The lowest BCUT2D eigenvalue weighted by Crippen LogP contribution is -2.36. The standard InChI is InChI=1S/C31H29N2O/c1-18(2)24-17-27(33(7)21(5)20(24)4)28-19(3)16-25(22-12-9-8-10-13-22)29-23-14-11-15-26(32-6)30(23)34-31(28)29/h8-18H,1-5,7H3/q+1/i1D3,4D3,17D,18D. The molecule has 1 atom stereocenters. The van der Waals surface area contributed by atoms with Gasteiger partial charge in [-0.05, 0) is 48.0 Å². The summed E-state index contributed by atoms with van der Waals surface area (Å²) in [7, 11) is 1.63. The molecule has 1 unspecified atom stereocenters. The Kier molecular flexibility index (Phi) is 3.45. The lowest BCUT2D eigenvalue weighted by atomic mass is 9.90. The molecule has 0 saturated carbocycles. The van der Waals surface area contributed by atoms with Gasteiger partial charge in [0.05, 0.1) is 13.5 Å². The first-order valence-corrected chi connectivity index (χ1v) is 11.0. The normalized spacial score (nSPS) is 17.4. The SMILES string of the molecule is [2H]c1c(C([2H])(C)C([2H])([2H])[2H])c(C([2H])([2H])[2H])c(C)[n+](C)c1-c1c(C)cc(-c2ccccc2)c2c1oc1c([N+]#[C-])cccc12. The van der Waals surface area contributed by atoms with E-state index in [1.54, 1.807) is 30.7 Å². The maximum atomic E-state index is 9.35. The number of nitrogens with zero attached hydrogens (tertiary/aromatic N) is 2. The van der Waals surface area contributed by atoms with Crippen LogP contribution in [0.25, 0.3) is 49.2 Å². The number of rotatable bonds is 3. The van der Waals surface area contributed by atoms with Gasteiger partial charge in [0, 0.05) is 38.9 Å². The molecule has 3 nitrogen and oxygen atoms in total. The van der Waals surface area contributed by atoms with E-state index in [4.69, 9.17) is 20.6 Å². The number of aryl methyl sites for hydroxylation is 1. The summed E-state index contributed by atoms with van der Waals surface area (Å²) in [5.41, 5.74) is 3.77. The zero-order valence-corrected chi connectivity index (χ0v) is 19.5. The first-order valence-electron chi connectivity index (χ1n) is 15.0. The molecule has 0 amide bonds. The van der Waals surface area contributed by atoms with Crippen molar-refractivity contribution in [3.8, 4) is 22.4 Å². The van der Waals surface area contributed by atoms with E-state index < -0.39 is 19.6 Å². The van der Waals surface area contributed by atoms with Gasteiger partial charge in [-0.1, -0.05) is 62.3 Å². The van der Waals surface area contributed by atoms with Gasteiger partial charge in [-0.25, -0.2) is 4.85 Å². The molecule has 0 fully saturated rings. The second-order valence-corrected chi connectivity index (χ2v) is 8.55. The van der Waals surface area contributed by atoms with Crippen molar-refractivity contribution >= 4 is 27.6 Å². The van der Waals surface area contributed by atoms with Crippen molar-refractivity contribution < 1.29 is 20.0 Å². The highest BCUT2D eigenvalue weighted by atomic mass is 16.3. The van der Waals surface area contributed by atoms with Crippen molar-refractivity contribution in [2.45, 2.75) is 40.4 Å². The zero-order chi connectivity index (χ0) is 30.9. The molecule has 0 bridgehead atoms. The largest absolute Gasteiger partial charge is 0.466 e. The van der Waals surface area contributed by atoms with Gasteiger partial charge in [0.1, 0.15) is 18.2 Å². The summed E-state index contributed by atoms with van der Waals surface area (Å²) >= 11 is 0. The lowest BCUT2D eigenvalue weighted by molar-refractivity contribution is -0.667. The number of para-hydroxylation sites is 1. The minimum absolute atomic E-state index is 0.219. The molecule has 34 heavy (non-hydrogen) atoms. The van der Waals surface area contributed by atoms with Gasteiger partial charge in [0.2, 0.25) is 11.4 Å². The van der Waals surface area contributed by atoms with Crippen molar-refractivity contribution in [3.05, 3.63) is 94.4 Å². The third-order valence-electron chi connectivity index (χ3n) is 6.46. The molecule has 3 heteroatoms. The van der Waals surface area contributed by atoms with Crippen molar-refractivity contribution in [1.82, 2.24) is 0 Å². The van der Waals surface area contributed by atoms with Crippen LogP contribution < -0.4 is 4.57 Å². The highest BCUT2D eigenvalue weighted by molar-refractivity contribution is 6.18. The number of fused-ring (bicyclic) bond motifs is 3. The smallest absolute Gasteiger partial charge is 0.229 e. The van der Waals surface area contributed by atoms with Crippen LogP contribution in [-0.4, -0.2) is 0 Å². The summed E-state index contributed by atoms with van der Waals surface area (Å²) < 4.78 is 75.4. The van der Waals surface area contributed by atoms with Gasteiger partial charge in [-0.15, -0.1) is 0 Å². The van der Waals surface area contributed by atoms with E-state index in [1.807, 2.05) is 49.4 Å². The van der Waals surface area contributed by atoms with E-state index in [9.17, 15) is 1.37 Å². The molecule has 0 aliphatic rings. The predicted octanol–water partition coefficient (Wildman–Crippen LogP) is 8.34. The van der Waals surface area contributed by atoms with Gasteiger partial charge in [-0.3, -0.25) is 0 Å². The van der Waals surface area contributed by atoms with E-state index in [0.29, 0.717) is 38.8 Å². The molecule has 0 radical (unpaired) electrons. The highest BCUT2D eigenvalue weighted by Crippen LogP contribution is 2.45. The first kappa shape index (κ1) is 14.4. The predicted molar refractivity (Wildman–Crippen MR) is 140 cm³/mol. The zero-order valence-electron chi connectivity index (χ0n) is 27.5. The minimum atomic E-state index is -2.92. The van der Waals surface area contributed by atoms with Crippen LogP contribution in [0.2, 0.25) is 0 Å². The fourth-order valence-corrected chi connectivity index (χ4v) is 4.61. The van der Waals surface area contributed by atoms with Gasteiger partial charge >= 0.3 is 0 Å². The third-order valence-corrected chi connectivity index (χ3v) is 6.46. The number of hydrogen-bond acceptors (Lipinski definition) is 1. The maximum absolute atomic E-state index is 9.35. The lowest BCUT2D eigenvalue weighted by Gasteiger charge is -2.16. The fraction of sp³-hybridized carbons (Fsp3) is 0.226. The molecule has 0 N–H and O–H groups in total. The number of furan rings is 1. The summed E-state index contributed by atoms with van der Waals surface area (Å²) in [6, 6.07) is 16.6. The van der Waals surface area contributed by atoms with Crippen LogP contribution >= 0.6 is 0 Å². The Balaban J connectivity index is 2.04. The number of benzene rings is 3. The maximum Gasteiger partial charge on any atom is 0.229 e. The monoisotopic (exact) mass is 453 g/mol. The summed E-state index contributed by atoms with van der Waals surface area (Å²) in [6.45, 7) is 6.56. The van der Waals surface area contributed by atoms with Crippen LogP contribution in [0.1, 0.15) is 53.0 Å². The summed E-state index contributed by atoms with van der Waals surface area (Å²) in [4.78, 5) is 3.65. The molecule has 0 saturated heterocycles.